The van der Waals surface area contributed by atoms with Crippen LogP contribution in [-0.4, -0.2) is 85.5 Å². The Hall–Kier alpha value is 0.0464. The molecule has 7 heteroatoms. The quantitative estimate of drug-likeness (QED) is 0.304. The van der Waals surface area contributed by atoms with E-state index in [9.17, 15) is 14.4 Å². The molecule has 0 saturated carbocycles. The zero-order valence-corrected chi connectivity index (χ0v) is 14.2. The number of amides is 1. The molecule has 6 nitrogen and oxygen atoms in total. The molecule has 1 atom stereocenters. The molecule has 3 N–H and O–H groups in total. The number of rotatable bonds is 15. The Bertz CT molecular complexity index is 363. The normalized spacial score (nSPS) is 11.4. The van der Waals surface area contributed by atoms with Gasteiger partial charge in [-0.05, 0) is 12.8 Å². The molecule has 0 radical (unpaired) electrons. The summed E-state index contributed by atoms with van der Waals surface area (Å²) in [5.74, 6) is -2.57. The Kier molecular flexibility index (Phi) is 19.6. The van der Waals surface area contributed by atoms with Crippen molar-refractivity contribution in [2.45, 2.75) is 90.0 Å². The van der Waals surface area contributed by atoms with E-state index in [2.05, 4.69) is 12.2 Å². The molecule has 0 aliphatic rings. The van der Waals surface area contributed by atoms with Gasteiger partial charge in [-0.2, -0.15) is 0 Å². The predicted octanol–water partition coefficient (Wildman–Crippen LogP) is 2.69. The van der Waals surface area contributed by atoms with Crippen molar-refractivity contribution in [1.82, 2.24) is 5.32 Å². The van der Waals surface area contributed by atoms with Crippen molar-refractivity contribution in [3.63, 3.8) is 0 Å². The second-order valence-electron chi connectivity index (χ2n) is 5.97. The fraction of sp³-hybridized carbons (Fsp3) is 0.824. The molecule has 0 spiro atoms. The zero-order chi connectivity index (χ0) is 17.5. The van der Waals surface area contributed by atoms with Crippen LogP contribution in [0.1, 0.15) is 84.0 Å². The molecule has 0 unspecified atom stereocenters. The van der Waals surface area contributed by atoms with Gasteiger partial charge in [-0.25, -0.2) is 4.79 Å². The van der Waals surface area contributed by atoms with Gasteiger partial charge in [0.05, 0.1) is 0 Å². The van der Waals surface area contributed by atoms with Crippen molar-refractivity contribution >= 4 is 69.2 Å². The number of aliphatic carboxylic acids is 2. The summed E-state index contributed by atoms with van der Waals surface area (Å²) in [6, 6.07) is -1.11. The minimum absolute atomic E-state index is 0. The van der Waals surface area contributed by atoms with Crippen LogP contribution in [0.3, 0.4) is 0 Å². The van der Waals surface area contributed by atoms with Crippen molar-refractivity contribution < 1.29 is 24.6 Å². The molecule has 0 aliphatic heterocycles. The van der Waals surface area contributed by atoms with Crippen LogP contribution in [0.4, 0.5) is 0 Å². The van der Waals surface area contributed by atoms with Gasteiger partial charge in [0, 0.05) is 12.8 Å². The molecule has 136 valence electrons. The summed E-state index contributed by atoms with van der Waals surface area (Å²) in [5.41, 5.74) is 0. The number of nitrogens with one attached hydrogen (secondary N) is 1. The van der Waals surface area contributed by atoms with Crippen LogP contribution in [0, 0.1) is 0 Å². The van der Waals surface area contributed by atoms with E-state index in [0.29, 0.717) is 6.42 Å². The van der Waals surface area contributed by atoms with Gasteiger partial charge in [-0.3, -0.25) is 9.59 Å². The van der Waals surface area contributed by atoms with Gasteiger partial charge in [-0.15, -0.1) is 0 Å². The molecule has 0 aliphatic carbocycles. The molecular weight excluding hydrogens is 337 g/mol. The summed E-state index contributed by atoms with van der Waals surface area (Å²) >= 11 is 0. The van der Waals surface area contributed by atoms with E-state index in [1.54, 1.807) is 0 Å². The van der Waals surface area contributed by atoms with E-state index in [-0.39, 0.29) is 70.1 Å². The van der Waals surface area contributed by atoms with E-state index in [4.69, 9.17) is 10.2 Å². The number of carbonyl (C=O) groups excluding carboxylic acids is 1. The monoisotopic (exact) mass is 369 g/mol. The Morgan fingerprint density at radius 2 is 1.33 bits per heavy atom. The Morgan fingerprint density at radius 1 is 0.833 bits per heavy atom. The van der Waals surface area contributed by atoms with Crippen molar-refractivity contribution in [2.75, 3.05) is 0 Å². The van der Waals surface area contributed by atoms with Crippen molar-refractivity contribution in [1.29, 1.82) is 0 Å². The molecule has 0 heterocycles. The second-order valence-corrected chi connectivity index (χ2v) is 5.97. The Morgan fingerprint density at radius 3 is 1.79 bits per heavy atom. The third-order valence-corrected chi connectivity index (χ3v) is 3.79. The van der Waals surface area contributed by atoms with Gasteiger partial charge in [0.2, 0.25) is 5.91 Å². The predicted molar refractivity (Wildman–Crippen MR) is 95.4 cm³/mol. The summed E-state index contributed by atoms with van der Waals surface area (Å²) in [6.45, 7) is 2.20. The van der Waals surface area contributed by atoms with Gasteiger partial charge in [-0.1, -0.05) is 58.3 Å². The van der Waals surface area contributed by atoms with Crippen molar-refractivity contribution in [3.8, 4) is 0 Å². The second kappa shape index (κ2) is 17.9. The number of unbranched alkanes of at least 4 members (excludes halogenated alkanes) is 8. The van der Waals surface area contributed by atoms with Crippen LogP contribution in [0.2, 0.25) is 0 Å². The summed E-state index contributed by atoms with van der Waals surface area (Å²) in [7, 11) is 0. The Labute approximate surface area is 187 Å². The first kappa shape index (κ1) is 26.3. The van der Waals surface area contributed by atoms with Crippen LogP contribution in [-0.2, 0) is 14.4 Å². The maximum atomic E-state index is 11.7. The average Bonchev–Trinajstić information content (AvgIpc) is 2.49. The van der Waals surface area contributed by atoms with Gasteiger partial charge >= 0.3 is 63.3 Å². The third-order valence-electron chi connectivity index (χ3n) is 3.79. The summed E-state index contributed by atoms with van der Waals surface area (Å²) in [4.78, 5) is 33.1. The molecule has 0 aromatic rings. The number of hydrogen-bond donors (Lipinski definition) is 3. The van der Waals surface area contributed by atoms with Gasteiger partial charge < -0.3 is 15.5 Å². The van der Waals surface area contributed by atoms with E-state index in [0.717, 1.165) is 19.3 Å². The van der Waals surface area contributed by atoms with Crippen molar-refractivity contribution in [2.24, 2.45) is 0 Å². The van der Waals surface area contributed by atoms with E-state index in [1.807, 2.05) is 0 Å². The molecule has 1 amide bonds. The molecule has 0 aromatic carbocycles. The van der Waals surface area contributed by atoms with Crippen LogP contribution >= 0.6 is 0 Å². The molecule has 0 fully saturated rings. The minimum atomic E-state index is -1.19. The third kappa shape index (κ3) is 16.9. The van der Waals surface area contributed by atoms with Crippen LogP contribution in [0.5, 0.6) is 0 Å². The zero-order valence-electron chi connectivity index (χ0n) is 14.2. The van der Waals surface area contributed by atoms with Gasteiger partial charge in [0.15, 0.2) is 0 Å². The standard InChI is InChI=1S/C17H31NO5.K.H/c1-2-3-4-5-6-7-8-9-10-11-15(19)18-14(17(22)23)12-13-16(20)21;;/h14H,2-13H2,1H3,(H,18,19)(H,20,21)(H,22,23);;/t14-;;/m1../s1. The van der Waals surface area contributed by atoms with Gasteiger partial charge in [0.1, 0.15) is 6.04 Å². The van der Waals surface area contributed by atoms with Crippen LogP contribution in [0.25, 0.3) is 0 Å². The number of carboxylic acids is 2. The van der Waals surface area contributed by atoms with E-state index < -0.39 is 18.0 Å². The Balaban J connectivity index is 0. The van der Waals surface area contributed by atoms with Gasteiger partial charge in [0.25, 0.3) is 0 Å². The molecule has 24 heavy (non-hydrogen) atoms. The molecular formula is C17H32KNO5. The SMILES string of the molecule is CCCCCCCCCCCC(=O)N[C@H](CCC(=O)O)C(=O)O.[KH]. The molecule has 0 aromatic heterocycles. The maximum absolute atomic E-state index is 11.7. The molecule has 0 saturated heterocycles. The molecule has 0 bridgehead atoms. The summed E-state index contributed by atoms with van der Waals surface area (Å²) < 4.78 is 0. The van der Waals surface area contributed by atoms with Crippen molar-refractivity contribution in [3.05, 3.63) is 0 Å². The average molecular weight is 370 g/mol. The topological polar surface area (TPSA) is 104 Å². The fourth-order valence-electron chi connectivity index (χ4n) is 2.39. The molecule has 0 rings (SSSR count). The summed E-state index contributed by atoms with van der Waals surface area (Å²) in [5, 5.41) is 19.9. The number of carboxylic acid groups (broad SMARTS) is 2. The first-order valence-electron chi connectivity index (χ1n) is 8.71. The fourth-order valence-corrected chi connectivity index (χ4v) is 2.39. The van der Waals surface area contributed by atoms with Crippen LogP contribution in [0.15, 0.2) is 0 Å². The van der Waals surface area contributed by atoms with E-state index in [1.165, 1.54) is 38.5 Å². The first-order valence-corrected chi connectivity index (χ1v) is 8.71. The number of carbonyl (C=O) groups is 3. The first-order chi connectivity index (χ1) is 11.0. The van der Waals surface area contributed by atoms with Crippen LogP contribution < -0.4 is 5.32 Å². The summed E-state index contributed by atoms with van der Waals surface area (Å²) in [6.07, 6.45) is 10.3. The number of hydrogen-bond acceptors (Lipinski definition) is 3. The van der Waals surface area contributed by atoms with E-state index >= 15 is 0 Å².